The molecule has 1 aromatic rings. The zero-order valence-corrected chi connectivity index (χ0v) is 13.8. The molecule has 0 bridgehead atoms. The maximum absolute atomic E-state index is 12.2. The van der Waals surface area contributed by atoms with E-state index in [1.807, 2.05) is 31.2 Å². The summed E-state index contributed by atoms with van der Waals surface area (Å²) in [5.74, 6) is 0.752. The molecule has 0 unspecified atom stereocenters. The van der Waals surface area contributed by atoms with Gasteiger partial charge in [-0.25, -0.2) is 0 Å². The summed E-state index contributed by atoms with van der Waals surface area (Å²) in [5.41, 5.74) is 2.47. The van der Waals surface area contributed by atoms with Gasteiger partial charge in [0.25, 0.3) is 0 Å². The van der Waals surface area contributed by atoms with Gasteiger partial charge in [-0.3, -0.25) is 4.79 Å². The number of benzene rings is 1. The van der Waals surface area contributed by atoms with Crippen LogP contribution in [0.1, 0.15) is 31.2 Å². The first kappa shape index (κ1) is 16.6. The van der Waals surface area contributed by atoms with E-state index in [-0.39, 0.29) is 11.8 Å². The van der Waals surface area contributed by atoms with E-state index < -0.39 is 0 Å². The molecule has 4 nitrogen and oxygen atoms in total. The van der Waals surface area contributed by atoms with Gasteiger partial charge in [-0.1, -0.05) is 23.8 Å². The first-order chi connectivity index (χ1) is 10.6. The van der Waals surface area contributed by atoms with Crippen molar-refractivity contribution in [2.75, 3.05) is 33.8 Å². The van der Waals surface area contributed by atoms with Crippen LogP contribution in [0.5, 0.6) is 5.75 Å². The third-order valence-electron chi connectivity index (χ3n) is 4.26. The maximum atomic E-state index is 12.2. The predicted molar refractivity (Wildman–Crippen MR) is 89.2 cm³/mol. The third kappa shape index (κ3) is 4.60. The molecule has 1 aliphatic heterocycles. The van der Waals surface area contributed by atoms with E-state index in [9.17, 15) is 4.79 Å². The summed E-state index contributed by atoms with van der Waals surface area (Å²) in [6, 6.07) is 7.68. The molecule has 1 aromatic carbocycles. The van der Waals surface area contributed by atoms with E-state index in [1.165, 1.54) is 5.57 Å². The molecular weight excluding hydrogens is 276 g/mol. The molecule has 120 valence electrons. The van der Waals surface area contributed by atoms with Crippen molar-refractivity contribution in [1.29, 1.82) is 0 Å². The molecule has 0 aliphatic carbocycles. The Bertz CT molecular complexity index is 522. The summed E-state index contributed by atoms with van der Waals surface area (Å²) in [4.78, 5) is 14.5. The molecule has 0 spiro atoms. The minimum absolute atomic E-state index is 0.0821. The Morgan fingerprint density at radius 1 is 1.36 bits per heavy atom. The van der Waals surface area contributed by atoms with Gasteiger partial charge in [-0.05, 0) is 44.5 Å². The Morgan fingerprint density at radius 3 is 2.68 bits per heavy atom. The third-order valence-corrected chi connectivity index (χ3v) is 4.26. The van der Waals surface area contributed by atoms with Crippen LogP contribution < -0.4 is 10.1 Å². The highest BCUT2D eigenvalue weighted by Gasteiger charge is 2.15. The lowest BCUT2D eigenvalue weighted by atomic mass is 10.00. The fraction of sp³-hybridized carbons (Fsp3) is 0.500. The van der Waals surface area contributed by atoms with Crippen molar-refractivity contribution in [2.45, 2.75) is 25.7 Å². The van der Waals surface area contributed by atoms with E-state index in [0.717, 1.165) is 43.8 Å². The van der Waals surface area contributed by atoms with Crippen molar-refractivity contribution in [3.05, 3.63) is 41.5 Å². The Balaban J connectivity index is 1.78. The molecule has 0 saturated heterocycles. The van der Waals surface area contributed by atoms with Crippen molar-refractivity contribution >= 4 is 5.91 Å². The van der Waals surface area contributed by atoms with Gasteiger partial charge < -0.3 is 15.0 Å². The van der Waals surface area contributed by atoms with Gasteiger partial charge in [-0.2, -0.15) is 0 Å². The number of amides is 1. The lowest BCUT2D eigenvalue weighted by Crippen LogP contribution is -2.30. The molecule has 1 N–H and O–H groups in total. The normalized spacial score (nSPS) is 16.8. The lowest BCUT2D eigenvalue weighted by Gasteiger charge is -2.22. The van der Waals surface area contributed by atoms with Crippen LogP contribution >= 0.6 is 0 Å². The standard InChI is InChI=1S/C18H26N2O2/c1-14(16-4-6-17(22-3)7-5-16)18(21)19-11-8-15-9-12-20(2)13-10-15/h4-7,9,14H,8,10-13H2,1-3H3,(H,19,21)/t14-/m0/s1. The Hall–Kier alpha value is -1.81. The molecule has 2 rings (SSSR count). The van der Waals surface area contributed by atoms with Gasteiger partial charge in [-0.15, -0.1) is 0 Å². The Kier molecular flexibility index (Phi) is 6.01. The van der Waals surface area contributed by atoms with E-state index in [1.54, 1.807) is 7.11 Å². The largest absolute Gasteiger partial charge is 0.497 e. The van der Waals surface area contributed by atoms with Crippen molar-refractivity contribution in [2.24, 2.45) is 0 Å². The predicted octanol–water partition coefficient (Wildman–Crippen LogP) is 2.57. The molecule has 0 fully saturated rings. The van der Waals surface area contributed by atoms with Crippen LogP contribution in [-0.2, 0) is 4.79 Å². The van der Waals surface area contributed by atoms with Gasteiger partial charge in [0, 0.05) is 19.6 Å². The number of rotatable bonds is 6. The number of nitrogens with one attached hydrogen (secondary N) is 1. The number of methoxy groups -OCH3 is 1. The quantitative estimate of drug-likeness (QED) is 0.821. The average molecular weight is 302 g/mol. The average Bonchev–Trinajstić information content (AvgIpc) is 2.56. The molecule has 0 radical (unpaired) electrons. The van der Waals surface area contributed by atoms with Crippen LogP contribution in [0.3, 0.4) is 0 Å². The van der Waals surface area contributed by atoms with Crippen molar-refractivity contribution < 1.29 is 9.53 Å². The number of nitrogens with zero attached hydrogens (tertiary/aromatic N) is 1. The maximum Gasteiger partial charge on any atom is 0.227 e. The number of ether oxygens (including phenoxy) is 1. The van der Waals surface area contributed by atoms with Crippen molar-refractivity contribution in [1.82, 2.24) is 10.2 Å². The monoisotopic (exact) mass is 302 g/mol. The van der Waals surface area contributed by atoms with Crippen LogP contribution in [-0.4, -0.2) is 44.6 Å². The van der Waals surface area contributed by atoms with Crippen molar-refractivity contribution in [3.8, 4) is 5.75 Å². The van der Waals surface area contributed by atoms with E-state index in [4.69, 9.17) is 4.74 Å². The highest BCUT2D eigenvalue weighted by Crippen LogP contribution is 2.19. The fourth-order valence-electron chi connectivity index (χ4n) is 2.58. The second-order valence-electron chi connectivity index (χ2n) is 5.91. The zero-order valence-electron chi connectivity index (χ0n) is 13.8. The van der Waals surface area contributed by atoms with Gasteiger partial charge in [0.2, 0.25) is 5.91 Å². The topological polar surface area (TPSA) is 41.6 Å². The minimum atomic E-state index is -0.141. The van der Waals surface area contributed by atoms with Crippen LogP contribution in [0.2, 0.25) is 0 Å². The molecule has 1 amide bonds. The van der Waals surface area contributed by atoms with Gasteiger partial charge in [0.1, 0.15) is 5.75 Å². The summed E-state index contributed by atoms with van der Waals surface area (Å²) in [6.07, 6.45) is 4.35. The summed E-state index contributed by atoms with van der Waals surface area (Å²) >= 11 is 0. The lowest BCUT2D eigenvalue weighted by molar-refractivity contribution is -0.122. The highest BCUT2D eigenvalue weighted by atomic mass is 16.5. The van der Waals surface area contributed by atoms with Crippen LogP contribution in [0.15, 0.2) is 35.9 Å². The van der Waals surface area contributed by atoms with Gasteiger partial charge >= 0.3 is 0 Å². The molecule has 0 aromatic heterocycles. The molecule has 1 atom stereocenters. The number of likely N-dealkylation sites (N-methyl/N-ethyl adjacent to an activating group) is 1. The molecule has 22 heavy (non-hydrogen) atoms. The smallest absolute Gasteiger partial charge is 0.227 e. The number of hydrogen-bond acceptors (Lipinski definition) is 3. The second kappa shape index (κ2) is 7.99. The molecule has 4 heteroatoms. The number of hydrogen-bond donors (Lipinski definition) is 1. The first-order valence-electron chi connectivity index (χ1n) is 7.88. The Labute approximate surface area is 133 Å². The number of carbonyl (C=O) groups is 1. The molecule has 1 heterocycles. The summed E-state index contributed by atoms with van der Waals surface area (Å²) in [6.45, 7) is 4.79. The van der Waals surface area contributed by atoms with Gasteiger partial charge in [0.05, 0.1) is 13.0 Å². The summed E-state index contributed by atoms with van der Waals surface area (Å²) in [7, 11) is 3.77. The molecule has 1 aliphatic rings. The van der Waals surface area contributed by atoms with Crippen molar-refractivity contribution in [3.63, 3.8) is 0 Å². The highest BCUT2D eigenvalue weighted by molar-refractivity contribution is 5.83. The zero-order chi connectivity index (χ0) is 15.9. The van der Waals surface area contributed by atoms with Crippen LogP contribution in [0.25, 0.3) is 0 Å². The Morgan fingerprint density at radius 2 is 2.09 bits per heavy atom. The number of carbonyl (C=O) groups excluding carboxylic acids is 1. The van der Waals surface area contributed by atoms with Crippen LogP contribution in [0.4, 0.5) is 0 Å². The van der Waals surface area contributed by atoms with E-state index in [2.05, 4.69) is 23.3 Å². The molecule has 0 saturated carbocycles. The SMILES string of the molecule is COc1ccc([C@H](C)C(=O)NCCC2=CCN(C)CC2)cc1. The van der Waals surface area contributed by atoms with Crippen LogP contribution in [0, 0.1) is 0 Å². The molecular formula is C18H26N2O2. The van der Waals surface area contributed by atoms with E-state index in [0.29, 0.717) is 0 Å². The second-order valence-corrected chi connectivity index (χ2v) is 5.91. The summed E-state index contributed by atoms with van der Waals surface area (Å²) < 4.78 is 5.14. The van der Waals surface area contributed by atoms with E-state index >= 15 is 0 Å². The first-order valence-corrected chi connectivity index (χ1v) is 7.88. The summed E-state index contributed by atoms with van der Waals surface area (Å²) in [5, 5.41) is 3.04. The van der Waals surface area contributed by atoms with Gasteiger partial charge in [0.15, 0.2) is 0 Å². The fourth-order valence-corrected chi connectivity index (χ4v) is 2.58. The minimum Gasteiger partial charge on any atom is -0.497 e.